The highest BCUT2D eigenvalue weighted by atomic mass is 32.2. The molecule has 7 heteroatoms. The van der Waals surface area contributed by atoms with Gasteiger partial charge in [0.1, 0.15) is 0 Å². The van der Waals surface area contributed by atoms with Gasteiger partial charge in [-0.25, -0.2) is 13.1 Å². The molecule has 0 fully saturated rings. The van der Waals surface area contributed by atoms with Crippen molar-refractivity contribution in [1.82, 2.24) is 10.0 Å². The summed E-state index contributed by atoms with van der Waals surface area (Å²) in [6.07, 6.45) is 9.53. The van der Waals surface area contributed by atoms with Crippen LogP contribution in [0.15, 0.2) is 70.2 Å². The lowest BCUT2D eigenvalue weighted by molar-refractivity contribution is 0.523. The lowest BCUT2D eigenvalue weighted by Gasteiger charge is -2.22. The Morgan fingerprint density at radius 3 is 2.81 bits per heavy atom. The maximum atomic E-state index is 12.7. The number of aliphatic imine (C=N–C) groups is 1. The summed E-state index contributed by atoms with van der Waals surface area (Å²) in [5.41, 5.74) is 8.18. The predicted molar refractivity (Wildman–Crippen MR) is 110 cm³/mol. The van der Waals surface area contributed by atoms with Crippen LogP contribution in [0, 0.1) is 5.92 Å². The molecule has 0 bridgehead atoms. The molecule has 1 aliphatic carbocycles. The molecule has 0 saturated heterocycles. The van der Waals surface area contributed by atoms with Gasteiger partial charge in [-0.15, -0.1) is 0 Å². The first-order valence-corrected chi connectivity index (χ1v) is 10.6. The Kier molecular flexibility index (Phi) is 6.38. The van der Waals surface area contributed by atoms with Gasteiger partial charge in [-0.2, -0.15) is 0 Å². The Balaban J connectivity index is 1.50. The molecule has 1 aromatic carbocycles. The second-order valence-corrected chi connectivity index (χ2v) is 8.62. The minimum Gasteiger partial charge on any atom is -0.323 e. The smallest absolute Gasteiger partial charge is 0.240 e. The quantitative estimate of drug-likeness (QED) is 0.637. The number of hydrogen-bond acceptors (Lipinski definition) is 5. The molecular weight excluding hydrogens is 360 g/mol. The van der Waals surface area contributed by atoms with Gasteiger partial charge in [0, 0.05) is 43.5 Å². The number of hydrogen-bond donors (Lipinski definition) is 3. The minimum absolute atomic E-state index is 0.127. The number of nitrogens with one attached hydrogen (secondary N) is 2. The molecule has 144 valence electrons. The van der Waals surface area contributed by atoms with E-state index in [1.807, 2.05) is 49.5 Å². The third-order valence-corrected chi connectivity index (χ3v) is 6.26. The fourth-order valence-corrected chi connectivity index (χ4v) is 4.50. The van der Waals surface area contributed by atoms with Crippen LogP contribution in [0.3, 0.4) is 0 Å². The molecular formula is C20H26N4O2S. The largest absolute Gasteiger partial charge is 0.323 e. The molecule has 6 nitrogen and oxygen atoms in total. The van der Waals surface area contributed by atoms with Crippen LogP contribution in [0.5, 0.6) is 0 Å². The summed E-state index contributed by atoms with van der Waals surface area (Å²) in [5, 5.41) is 3.24. The molecule has 3 rings (SSSR count). The Labute approximate surface area is 161 Å². The van der Waals surface area contributed by atoms with Gasteiger partial charge < -0.3 is 11.1 Å². The highest BCUT2D eigenvalue weighted by Crippen LogP contribution is 2.28. The molecule has 0 radical (unpaired) electrons. The first kappa shape index (κ1) is 19.7. The van der Waals surface area contributed by atoms with Gasteiger partial charge in [-0.1, -0.05) is 36.4 Å². The fraction of sp³-hybridized carbons (Fsp3) is 0.350. The van der Waals surface area contributed by atoms with Crippen LogP contribution in [0.2, 0.25) is 0 Å². The molecule has 1 heterocycles. The number of sulfonamides is 1. The lowest BCUT2D eigenvalue weighted by atomic mass is 9.91. The van der Waals surface area contributed by atoms with E-state index in [2.05, 4.69) is 15.0 Å². The van der Waals surface area contributed by atoms with E-state index in [0.717, 1.165) is 11.1 Å². The van der Waals surface area contributed by atoms with Crippen LogP contribution in [0.25, 0.3) is 0 Å². The van der Waals surface area contributed by atoms with Gasteiger partial charge in [-0.3, -0.25) is 4.99 Å². The van der Waals surface area contributed by atoms with Crippen molar-refractivity contribution in [3.63, 3.8) is 0 Å². The molecule has 0 saturated carbocycles. The Morgan fingerprint density at radius 2 is 2.04 bits per heavy atom. The van der Waals surface area contributed by atoms with Gasteiger partial charge in [0.25, 0.3) is 0 Å². The average Bonchev–Trinajstić information content (AvgIpc) is 2.67. The summed E-state index contributed by atoms with van der Waals surface area (Å²) >= 11 is 0. The summed E-state index contributed by atoms with van der Waals surface area (Å²) in [6.45, 7) is 2.92. The van der Waals surface area contributed by atoms with E-state index in [1.54, 1.807) is 18.4 Å². The summed E-state index contributed by atoms with van der Waals surface area (Å²) in [5.74, 6) is 0.174. The monoisotopic (exact) mass is 386 g/mol. The second kappa shape index (κ2) is 8.75. The van der Waals surface area contributed by atoms with Gasteiger partial charge in [-0.05, 0) is 36.6 Å². The number of benzene rings is 1. The van der Waals surface area contributed by atoms with Crippen LogP contribution >= 0.6 is 0 Å². The number of allylic oxidation sites excluding steroid dienone is 4. The maximum absolute atomic E-state index is 12.7. The topological polar surface area (TPSA) is 96.6 Å². The summed E-state index contributed by atoms with van der Waals surface area (Å²) < 4.78 is 28.0. The summed E-state index contributed by atoms with van der Waals surface area (Å²) in [7, 11) is -3.55. The van der Waals surface area contributed by atoms with Gasteiger partial charge >= 0.3 is 0 Å². The van der Waals surface area contributed by atoms with Crippen LogP contribution in [-0.4, -0.2) is 33.8 Å². The number of nitrogens with zero attached hydrogens (tertiary/aromatic N) is 1. The van der Waals surface area contributed by atoms with Crippen molar-refractivity contribution in [2.24, 2.45) is 16.6 Å². The van der Waals surface area contributed by atoms with E-state index < -0.39 is 10.0 Å². The minimum atomic E-state index is -3.55. The van der Waals surface area contributed by atoms with Crippen LogP contribution in [0.4, 0.5) is 0 Å². The molecule has 4 N–H and O–H groups in total. The highest BCUT2D eigenvalue weighted by molar-refractivity contribution is 7.93. The van der Waals surface area contributed by atoms with Crippen molar-refractivity contribution in [2.45, 2.75) is 25.4 Å². The van der Waals surface area contributed by atoms with Gasteiger partial charge in [0.05, 0.1) is 4.91 Å². The van der Waals surface area contributed by atoms with Crippen molar-refractivity contribution in [3.8, 4) is 0 Å². The van der Waals surface area contributed by atoms with Crippen molar-refractivity contribution in [2.75, 3.05) is 13.1 Å². The lowest BCUT2D eigenvalue weighted by Crippen LogP contribution is -2.42. The molecule has 1 unspecified atom stereocenters. The predicted octanol–water partition coefficient (Wildman–Crippen LogP) is 2.01. The van der Waals surface area contributed by atoms with E-state index >= 15 is 0 Å². The fourth-order valence-electron chi connectivity index (χ4n) is 3.15. The molecule has 0 amide bonds. The number of nitrogens with two attached hydrogens (primary N) is 1. The van der Waals surface area contributed by atoms with E-state index in [0.29, 0.717) is 24.4 Å². The first-order valence-electron chi connectivity index (χ1n) is 9.11. The molecule has 27 heavy (non-hydrogen) atoms. The average molecular weight is 387 g/mol. The van der Waals surface area contributed by atoms with Crippen molar-refractivity contribution in [3.05, 3.63) is 70.8 Å². The maximum Gasteiger partial charge on any atom is 0.240 e. The molecule has 0 aromatic heterocycles. The molecule has 1 aromatic rings. The normalized spacial score (nSPS) is 21.2. The van der Waals surface area contributed by atoms with Crippen molar-refractivity contribution < 1.29 is 8.42 Å². The second-order valence-electron chi connectivity index (χ2n) is 6.90. The molecule has 3 atom stereocenters. The zero-order valence-electron chi connectivity index (χ0n) is 15.4. The zero-order chi connectivity index (χ0) is 19.3. The Morgan fingerprint density at radius 1 is 1.26 bits per heavy atom. The number of rotatable bonds is 8. The molecule has 2 aliphatic rings. The standard InChI is InChI=1S/C20H26N4O2S/c1-15(12-23-14-20(21)16-5-3-2-4-6-16)24-27(25,26)19-8-7-18-13-22-10-9-17(18)11-19/h2-6,8-11,13,15,18,20,23-24H,7,12,14,21H2,1H3/t15-,18?,20-/m1/s1. The van der Waals surface area contributed by atoms with Crippen LogP contribution < -0.4 is 15.8 Å². The van der Waals surface area contributed by atoms with Crippen LogP contribution in [-0.2, 0) is 10.0 Å². The highest BCUT2D eigenvalue weighted by Gasteiger charge is 2.24. The first-order chi connectivity index (χ1) is 13.0. The van der Waals surface area contributed by atoms with E-state index in [4.69, 9.17) is 5.73 Å². The van der Waals surface area contributed by atoms with Gasteiger partial charge in [0.15, 0.2) is 0 Å². The Hall–Kier alpha value is -2.06. The van der Waals surface area contributed by atoms with E-state index in [-0.39, 0.29) is 18.0 Å². The van der Waals surface area contributed by atoms with E-state index in [9.17, 15) is 8.42 Å². The van der Waals surface area contributed by atoms with Crippen molar-refractivity contribution in [1.29, 1.82) is 0 Å². The molecule has 0 spiro atoms. The van der Waals surface area contributed by atoms with Gasteiger partial charge in [0.2, 0.25) is 10.0 Å². The summed E-state index contributed by atoms with van der Waals surface area (Å²) in [6, 6.07) is 9.45. The van der Waals surface area contributed by atoms with Crippen LogP contribution in [0.1, 0.15) is 24.9 Å². The third-order valence-electron chi connectivity index (χ3n) is 4.64. The van der Waals surface area contributed by atoms with Crippen molar-refractivity contribution >= 4 is 16.2 Å². The zero-order valence-corrected chi connectivity index (χ0v) is 16.2. The SMILES string of the molecule is C[C@H](CNC[C@@H](N)c1ccccc1)NS(=O)(=O)C1=CCC2C=NC=CC2=C1. The molecule has 1 aliphatic heterocycles. The third kappa shape index (κ3) is 5.23. The number of fused-ring (bicyclic) bond motifs is 1. The summed E-state index contributed by atoms with van der Waals surface area (Å²) in [4.78, 5) is 4.43. The Bertz CT molecular complexity index is 873. The van der Waals surface area contributed by atoms with E-state index in [1.165, 1.54) is 0 Å².